The topological polar surface area (TPSA) is 89.0 Å². The molecule has 4 aromatic rings. The van der Waals surface area contributed by atoms with Crippen molar-refractivity contribution in [1.82, 2.24) is 29.1 Å². The average Bonchev–Trinajstić information content (AvgIpc) is 3.42. The van der Waals surface area contributed by atoms with Crippen molar-refractivity contribution in [3.8, 4) is 22.9 Å². The third-order valence-electron chi connectivity index (χ3n) is 6.11. The largest absolute Gasteiger partial charge is 0.425 e. The SMILES string of the molecule is CCn1ncc(-c2ccc(Oc3nc4c(cnn4C4CCOCC4)c(=O)n3C)cc2)c1C. The van der Waals surface area contributed by atoms with Crippen LogP contribution in [0, 0.1) is 6.92 Å². The molecule has 0 amide bonds. The Kier molecular flexibility index (Phi) is 5.26. The van der Waals surface area contributed by atoms with E-state index in [0.717, 1.165) is 36.2 Å². The lowest BCUT2D eigenvalue weighted by molar-refractivity contribution is 0.0673. The smallest absolute Gasteiger partial charge is 0.306 e. The first-order chi connectivity index (χ1) is 15.6. The second-order valence-corrected chi connectivity index (χ2v) is 8.01. The highest BCUT2D eigenvalue weighted by Gasteiger charge is 2.22. The van der Waals surface area contributed by atoms with E-state index in [9.17, 15) is 4.79 Å². The first-order valence-electron chi connectivity index (χ1n) is 10.9. The van der Waals surface area contributed by atoms with Crippen molar-refractivity contribution in [2.24, 2.45) is 7.05 Å². The van der Waals surface area contributed by atoms with E-state index in [2.05, 4.69) is 29.0 Å². The predicted octanol–water partition coefficient (Wildman–Crippen LogP) is 3.47. The number of fused-ring (bicyclic) bond motifs is 1. The molecule has 1 saturated heterocycles. The summed E-state index contributed by atoms with van der Waals surface area (Å²) in [6, 6.07) is 8.14. The summed E-state index contributed by atoms with van der Waals surface area (Å²) in [5.74, 6) is 0.605. The van der Waals surface area contributed by atoms with Gasteiger partial charge in [-0.25, -0.2) is 4.68 Å². The second-order valence-electron chi connectivity index (χ2n) is 8.01. The van der Waals surface area contributed by atoms with Crippen molar-refractivity contribution < 1.29 is 9.47 Å². The molecule has 0 atom stereocenters. The molecule has 0 N–H and O–H groups in total. The Bertz CT molecular complexity index is 1310. The Morgan fingerprint density at radius 2 is 1.88 bits per heavy atom. The number of benzene rings is 1. The summed E-state index contributed by atoms with van der Waals surface area (Å²) < 4.78 is 16.7. The Balaban J connectivity index is 1.46. The number of hydrogen-bond donors (Lipinski definition) is 0. The molecule has 0 radical (unpaired) electrons. The van der Waals surface area contributed by atoms with Crippen molar-refractivity contribution in [3.63, 3.8) is 0 Å². The Hall–Kier alpha value is -3.46. The van der Waals surface area contributed by atoms with Crippen LogP contribution >= 0.6 is 0 Å². The number of hydrogen-bond acceptors (Lipinski definition) is 6. The van der Waals surface area contributed by atoms with E-state index >= 15 is 0 Å². The molecule has 1 aliphatic rings. The van der Waals surface area contributed by atoms with E-state index in [4.69, 9.17) is 9.47 Å². The number of rotatable bonds is 5. The molecule has 0 unspecified atom stereocenters. The summed E-state index contributed by atoms with van der Waals surface area (Å²) in [5, 5.41) is 9.36. The van der Waals surface area contributed by atoms with E-state index in [1.807, 2.05) is 39.8 Å². The molecule has 1 aliphatic heterocycles. The summed E-state index contributed by atoms with van der Waals surface area (Å²) >= 11 is 0. The van der Waals surface area contributed by atoms with Gasteiger partial charge in [-0.05, 0) is 44.4 Å². The number of aryl methyl sites for hydroxylation is 1. The highest BCUT2D eigenvalue weighted by molar-refractivity contribution is 5.74. The van der Waals surface area contributed by atoms with Gasteiger partial charge in [-0.2, -0.15) is 15.2 Å². The third kappa shape index (κ3) is 3.48. The molecule has 1 fully saturated rings. The van der Waals surface area contributed by atoms with Crippen LogP contribution in [0.25, 0.3) is 22.2 Å². The summed E-state index contributed by atoms with van der Waals surface area (Å²) in [5.41, 5.74) is 3.64. The minimum absolute atomic E-state index is 0.167. The van der Waals surface area contributed by atoms with Crippen LogP contribution in [0.3, 0.4) is 0 Å². The Morgan fingerprint density at radius 1 is 1.12 bits per heavy atom. The third-order valence-corrected chi connectivity index (χ3v) is 6.11. The maximum absolute atomic E-state index is 12.9. The monoisotopic (exact) mass is 434 g/mol. The van der Waals surface area contributed by atoms with Gasteiger partial charge in [-0.3, -0.25) is 14.0 Å². The maximum atomic E-state index is 12.9. The van der Waals surface area contributed by atoms with Crippen LogP contribution in [-0.2, 0) is 18.3 Å². The van der Waals surface area contributed by atoms with E-state index in [1.165, 1.54) is 4.57 Å². The van der Waals surface area contributed by atoms with E-state index in [-0.39, 0.29) is 17.6 Å². The van der Waals surface area contributed by atoms with E-state index in [1.54, 1.807) is 13.2 Å². The fraction of sp³-hybridized carbons (Fsp3) is 0.391. The fourth-order valence-corrected chi connectivity index (χ4v) is 4.20. The number of aromatic nitrogens is 6. The van der Waals surface area contributed by atoms with E-state index < -0.39 is 0 Å². The van der Waals surface area contributed by atoms with Crippen LogP contribution in [0.1, 0.15) is 31.5 Å². The van der Waals surface area contributed by atoms with Gasteiger partial charge in [0.2, 0.25) is 0 Å². The predicted molar refractivity (Wildman–Crippen MR) is 120 cm³/mol. The quantitative estimate of drug-likeness (QED) is 0.478. The molecule has 0 spiro atoms. The standard InChI is InChI=1S/C23H26N6O3/c1-4-28-15(2)19(13-24-28)16-5-7-18(8-6-16)32-23-26-21-20(22(30)27(23)3)14-25-29(21)17-9-11-31-12-10-17/h5-8,13-14,17H,4,9-12H2,1-3H3. The summed E-state index contributed by atoms with van der Waals surface area (Å²) in [6.07, 6.45) is 5.17. The van der Waals surface area contributed by atoms with Crippen LogP contribution in [-0.4, -0.2) is 42.3 Å². The molecule has 0 aliphatic carbocycles. The second kappa shape index (κ2) is 8.23. The van der Waals surface area contributed by atoms with Gasteiger partial charge in [0.05, 0.1) is 18.4 Å². The fourth-order valence-electron chi connectivity index (χ4n) is 4.20. The summed E-state index contributed by atoms with van der Waals surface area (Å²) in [6.45, 7) is 6.33. The van der Waals surface area contributed by atoms with Crippen LogP contribution in [0.2, 0.25) is 0 Å². The highest BCUT2D eigenvalue weighted by atomic mass is 16.5. The highest BCUT2D eigenvalue weighted by Crippen LogP contribution is 2.28. The molecule has 0 saturated carbocycles. The zero-order valence-corrected chi connectivity index (χ0v) is 18.5. The van der Waals surface area contributed by atoms with Gasteiger partial charge in [-0.15, -0.1) is 0 Å². The Morgan fingerprint density at radius 3 is 2.56 bits per heavy atom. The first kappa shape index (κ1) is 20.4. The molecule has 5 rings (SSSR count). The molecular weight excluding hydrogens is 408 g/mol. The van der Waals surface area contributed by atoms with Crippen molar-refractivity contribution in [2.45, 2.75) is 39.3 Å². The van der Waals surface area contributed by atoms with Crippen LogP contribution in [0.5, 0.6) is 11.8 Å². The first-order valence-corrected chi connectivity index (χ1v) is 10.9. The van der Waals surface area contributed by atoms with Crippen LogP contribution in [0.4, 0.5) is 0 Å². The lowest BCUT2D eigenvalue weighted by Crippen LogP contribution is -2.23. The molecule has 9 heteroatoms. The zero-order chi connectivity index (χ0) is 22.2. The molecular formula is C23H26N6O3. The number of ether oxygens (including phenoxy) is 2. The number of nitrogens with zero attached hydrogens (tertiary/aromatic N) is 6. The molecule has 4 heterocycles. The normalized spacial score (nSPS) is 14.8. The molecule has 3 aromatic heterocycles. The molecule has 9 nitrogen and oxygen atoms in total. The maximum Gasteiger partial charge on any atom is 0.306 e. The van der Waals surface area contributed by atoms with Gasteiger partial charge >= 0.3 is 6.01 Å². The van der Waals surface area contributed by atoms with Gasteiger partial charge in [-0.1, -0.05) is 12.1 Å². The van der Waals surface area contributed by atoms with Gasteiger partial charge in [0.25, 0.3) is 5.56 Å². The lowest BCUT2D eigenvalue weighted by atomic mass is 10.1. The molecule has 32 heavy (non-hydrogen) atoms. The minimum atomic E-state index is -0.178. The van der Waals surface area contributed by atoms with Crippen molar-refractivity contribution >= 4 is 11.0 Å². The molecule has 166 valence electrons. The average molecular weight is 435 g/mol. The molecule has 0 bridgehead atoms. The minimum Gasteiger partial charge on any atom is -0.425 e. The van der Waals surface area contributed by atoms with Gasteiger partial charge in [0.1, 0.15) is 11.1 Å². The zero-order valence-electron chi connectivity index (χ0n) is 18.5. The summed E-state index contributed by atoms with van der Waals surface area (Å²) in [7, 11) is 1.66. The molecule has 1 aromatic carbocycles. The van der Waals surface area contributed by atoms with Crippen LogP contribution in [0.15, 0.2) is 41.5 Å². The Labute approximate surface area is 185 Å². The summed E-state index contributed by atoms with van der Waals surface area (Å²) in [4.78, 5) is 17.6. The van der Waals surface area contributed by atoms with Gasteiger partial charge in [0.15, 0.2) is 5.65 Å². The van der Waals surface area contributed by atoms with Crippen molar-refractivity contribution in [2.75, 3.05) is 13.2 Å². The van der Waals surface area contributed by atoms with Crippen LogP contribution < -0.4 is 10.3 Å². The van der Waals surface area contributed by atoms with Gasteiger partial charge in [0, 0.05) is 38.1 Å². The van der Waals surface area contributed by atoms with Crippen molar-refractivity contribution in [1.29, 1.82) is 0 Å². The lowest BCUT2D eigenvalue weighted by Gasteiger charge is -2.22. The van der Waals surface area contributed by atoms with Crippen molar-refractivity contribution in [3.05, 3.63) is 52.7 Å². The van der Waals surface area contributed by atoms with E-state index in [0.29, 0.717) is 30.0 Å². The van der Waals surface area contributed by atoms with Gasteiger partial charge < -0.3 is 9.47 Å².